The number of nitrogens with zero attached hydrogens (tertiary/aromatic N) is 2. The zero-order chi connectivity index (χ0) is 24.8. The molecule has 7 nitrogen and oxygen atoms in total. The molecule has 0 spiro atoms. The number of carbonyl (C=O) groups excluding carboxylic acids is 1. The van der Waals surface area contributed by atoms with E-state index < -0.39 is 23.0 Å². The van der Waals surface area contributed by atoms with Crippen molar-refractivity contribution in [1.29, 1.82) is 0 Å². The van der Waals surface area contributed by atoms with E-state index in [4.69, 9.17) is 5.73 Å². The first-order chi connectivity index (χ1) is 16.9. The molecule has 0 radical (unpaired) electrons. The third-order valence-electron chi connectivity index (χ3n) is 6.31. The largest absolute Gasteiger partial charge is 0.383 e. The fourth-order valence-electron chi connectivity index (χ4n) is 4.41. The van der Waals surface area contributed by atoms with Crippen LogP contribution in [0.15, 0.2) is 75.8 Å². The SMILES string of the molecule is Nc1c(N(CCC2=CCCCC2)C(=O)Cc2ccccc2F)c(=O)[nH]c(=O)n1Cc1ccccc1. The molecule has 3 aromatic rings. The van der Waals surface area contributed by atoms with Crippen LogP contribution < -0.4 is 21.9 Å². The van der Waals surface area contributed by atoms with E-state index in [2.05, 4.69) is 11.1 Å². The van der Waals surface area contributed by atoms with Gasteiger partial charge in [-0.2, -0.15) is 0 Å². The van der Waals surface area contributed by atoms with Gasteiger partial charge in [-0.3, -0.25) is 19.1 Å². The number of aromatic nitrogens is 2. The zero-order valence-electron chi connectivity index (χ0n) is 19.5. The maximum atomic E-state index is 14.3. The first kappa shape index (κ1) is 24.2. The lowest BCUT2D eigenvalue weighted by atomic mass is 9.97. The van der Waals surface area contributed by atoms with Gasteiger partial charge in [-0.25, -0.2) is 9.18 Å². The van der Waals surface area contributed by atoms with E-state index >= 15 is 0 Å². The van der Waals surface area contributed by atoms with Crippen molar-refractivity contribution in [3.05, 3.63) is 104 Å². The Morgan fingerprint density at radius 1 is 1.06 bits per heavy atom. The third-order valence-corrected chi connectivity index (χ3v) is 6.31. The minimum absolute atomic E-state index is 0.0849. The summed E-state index contributed by atoms with van der Waals surface area (Å²) in [6.07, 6.45) is 6.66. The average Bonchev–Trinajstić information content (AvgIpc) is 2.86. The van der Waals surface area contributed by atoms with Gasteiger partial charge in [0.25, 0.3) is 5.56 Å². The molecule has 0 unspecified atom stereocenters. The zero-order valence-corrected chi connectivity index (χ0v) is 19.5. The van der Waals surface area contributed by atoms with E-state index in [0.29, 0.717) is 6.42 Å². The molecule has 0 saturated carbocycles. The number of amides is 1. The summed E-state index contributed by atoms with van der Waals surface area (Å²) in [5, 5.41) is 0. The number of nitrogens with one attached hydrogen (secondary N) is 1. The standard InChI is InChI=1S/C27H29FN4O3/c28-22-14-8-7-13-21(22)17-23(33)31(16-15-19-9-3-1-4-10-19)24-25(29)32(27(35)30-26(24)34)18-20-11-5-2-6-12-20/h2,5-9,11-14H,1,3-4,10,15-18,29H2,(H,30,34,35). The van der Waals surface area contributed by atoms with Crippen LogP contribution in [-0.4, -0.2) is 22.0 Å². The van der Waals surface area contributed by atoms with Crippen LogP contribution in [0.5, 0.6) is 0 Å². The molecule has 0 saturated heterocycles. The van der Waals surface area contributed by atoms with E-state index in [1.54, 1.807) is 18.2 Å². The summed E-state index contributed by atoms with van der Waals surface area (Å²) >= 11 is 0. The Morgan fingerprint density at radius 2 is 1.80 bits per heavy atom. The number of nitrogens with two attached hydrogens (primary N) is 1. The van der Waals surface area contributed by atoms with Gasteiger partial charge in [0, 0.05) is 6.54 Å². The number of carbonyl (C=O) groups is 1. The molecule has 1 aliphatic carbocycles. The van der Waals surface area contributed by atoms with Gasteiger partial charge >= 0.3 is 5.69 Å². The highest BCUT2D eigenvalue weighted by Gasteiger charge is 2.25. The highest BCUT2D eigenvalue weighted by atomic mass is 19.1. The van der Waals surface area contributed by atoms with Crippen LogP contribution >= 0.6 is 0 Å². The summed E-state index contributed by atoms with van der Waals surface area (Å²) in [6.45, 7) is 0.339. The summed E-state index contributed by atoms with van der Waals surface area (Å²) in [5.74, 6) is -1.05. The average molecular weight is 477 g/mol. The summed E-state index contributed by atoms with van der Waals surface area (Å²) < 4.78 is 15.5. The van der Waals surface area contributed by atoms with Gasteiger partial charge in [-0.1, -0.05) is 60.2 Å². The van der Waals surface area contributed by atoms with Gasteiger partial charge in [-0.05, 0) is 49.3 Å². The second-order valence-electron chi connectivity index (χ2n) is 8.74. The second-order valence-corrected chi connectivity index (χ2v) is 8.74. The lowest BCUT2D eigenvalue weighted by Gasteiger charge is -2.26. The lowest BCUT2D eigenvalue weighted by molar-refractivity contribution is -0.118. The topological polar surface area (TPSA) is 101 Å². The number of nitrogen functional groups attached to an aromatic ring is 1. The fourth-order valence-corrected chi connectivity index (χ4v) is 4.41. The Bertz CT molecular complexity index is 1340. The number of hydrogen-bond donors (Lipinski definition) is 2. The predicted molar refractivity (Wildman–Crippen MR) is 135 cm³/mol. The molecule has 1 amide bonds. The Balaban J connectivity index is 1.72. The summed E-state index contributed by atoms with van der Waals surface area (Å²) in [7, 11) is 0. The van der Waals surface area contributed by atoms with Crippen LogP contribution in [0.4, 0.5) is 15.9 Å². The van der Waals surface area contributed by atoms with Crippen LogP contribution in [0.2, 0.25) is 0 Å². The molecule has 2 aromatic carbocycles. The number of aromatic amines is 1. The van der Waals surface area contributed by atoms with E-state index in [9.17, 15) is 18.8 Å². The molecule has 1 heterocycles. The van der Waals surface area contributed by atoms with Crippen LogP contribution in [0, 0.1) is 5.82 Å². The van der Waals surface area contributed by atoms with Crippen molar-refractivity contribution < 1.29 is 9.18 Å². The van der Waals surface area contributed by atoms with Gasteiger partial charge in [0.05, 0.1) is 13.0 Å². The minimum atomic E-state index is -0.740. The predicted octanol–water partition coefficient (Wildman–Crippen LogP) is 3.77. The van der Waals surface area contributed by atoms with Gasteiger partial charge in [-0.15, -0.1) is 0 Å². The van der Waals surface area contributed by atoms with Crippen LogP contribution in [0.25, 0.3) is 0 Å². The monoisotopic (exact) mass is 476 g/mol. The van der Waals surface area contributed by atoms with Crippen molar-refractivity contribution in [3.8, 4) is 0 Å². The normalized spacial score (nSPS) is 13.3. The first-order valence-electron chi connectivity index (χ1n) is 11.8. The first-order valence-corrected chi connectivity index (χ1v) is 11.8. The molecular formula is C27H29FN4O3. The summed E-state index contributed by atoms with van der Waals surface area (Å²) in [6, 6.07) is 15.3. The van der Waals surface area contributed by atoms with Crippen molar-refractivity contribution in [2.45, 2.75) is 45.1 Å². The van der Waals surface area contributed by atoms with E-state index in [0.717, 1.165) is 31.2 Å². The highest BCUT2D eigenvalue weighted by molar-refractivity contribution is 5.96. The fraction of sp³-hybridized carbons (Fsp3) is 0.296. The van der Waals surface area contributed by atoms with Crippen LogP contribution in [0.1, 0.15) is 43.2 Å². The molecule has 35 heavy (non-hydrogen) atoms. The van der Waals surface area contributed by atoms with Crippen LogP contribution in [0.3, 0.4) is 0 Å². The molecule has 3 N–H and O–H groups in total. The molecule has 0 bridgehead atoms. The van der Waals surface area contributed by atoms with Gasteiger partial charge in [0.15, 0.2) is 5.69 Å². The molecule has 0 fully saturated rings. The lowest BCUT2D eigenvalue weighted by Crippen LogP contribution is -2.42. The number of benzene rings is 2. The Labute approximate surface area is 202 Å². The summed E-state index contributed by atoms with van der Waals surface area (Å²) in [5.41, 5.74) is 7.14. The van der Waals surface area contributed by atoms with Crippen LogP contribution in [-0.2, 0) is 17.8 Å². The quantitative estimate of drug-likeness (QED) is 0.483. The van der Waals surface area contributed by atoms with Crippen molar-refractivity contribution in [2.75, 3.05) is 17.2 Å². The molecule has 1 aromatic heterocycles. The molecule has 0 atom stereocenters. The van der Waals surface area contributed by atoms with E-state index in [1.807, 2.05) is 30.3 Å². The van der Waals surface area contributed by atoms with Gasteiger partial charge < -0.3 is 10.6 Å². The molecular weight excluding hydrogens is 447 g/mol. The number of halogens is 1. The molecule has 0 aliphatic heterocycles. The van der Waals surface area contributed by atoms with Crippen molar-refractivity contribution >= 4 is 17.4 Å². The summed E-state index contributed by atoms with van der Waals surface area (Å²) in [4.78, 5) is 42.6. The molecule has 8 heteroatoms. The van der Waals surface area contributed by atoms with Gasteiger partial charge in [0.2, 0.25) is 5.91 Å². The number of allylic oxidation sites excluding steroid dienone is 1. The number of rotatable bonds is 8. The second kappa shape index (κ2) is 11.0. The van der Waals surface area contributed by atoms with Crippen molar-refractivity contribution in [1.82, 2.24) is 9.55 Å². The Morgan fingerprint density at radius 3 is 2.51 bits per heavy atom. The maximum Gasteiger partial charge on any atom is 0.330 e. The Hall–Kier alpha value is -3.94. The molecule has 1 aliphatic rings. The Kier molecular flexibility index (Phi) is 7.60. The number of H-pyrrole nitrogens is 1. The number of hydrogen-bond acceptors (Lipinski definition) is 4. The van der Waals surface area contributed by atoms with Crippen molar-refractivity contribution in [2.24, 2.45) is 0 Å². The molecule has 4 rings (SSSR count). The van der Waals surface area contributed by atoms with Gasteiger partial charge in [0.1, 0.15) is 11.6 Å². The van der Waals surface area contributed by atoms with Crippen molar-refractivity contribution in [3.63, 3.8) is 0 Å². The maximum absolute atomic E-state index is 14.3. The minimum Gasteiger partial charge on any atom is -0.383 e. The third kappa shape index (κ3) is 5.77. The van der Waals surface area contributed by atoms with E-state index in [1.165, 1.54) is 21.1 Å². The highest BCUT2D eigenvalue weighted by Crippen LogP contribution is 2.24. The number of anilines is 2. The van der Waals surface area contributed by atoms with E-state index in [-0.39, 0.29) is 36.6 Å². The smallest absolute Gasteiger partial charge is 0.330 e. The molecule has 182 valence electrons.